The van der Waals surface area contributed by atoms with E-state index in [1.807, 2.05) is 38.1 Å². The van der Waals surface area contributed by atoms with E-state index >= 15 is 0 Å². The van der Waals surface area contributed by atoms with E-state index < -0.39 is 0 Å². The average Bonchev–Trinajstić information content (AvgIpc) is 2.87. The molecular formula is C20H19IN2O2. The first-order chi connectivity index (χ1) is 12.0. The van der Waals surface area contributed by atoms with Crippen molar-refractivity contribution >= 4 is 28.4 Å². The van der Waals surface area contributed by atoms with Gasteiger partial charge in [-0.3, -0.25) is 9.59 Å². The van der Waals surface area contributed by atoms with Crippen molar-refractivity contribution in [1.82, 2.24) is 9.13 Å². The van der Waals surface area contributed by atoms with Crippen LogP contribution in [0, 0.1) is 17.4 Å². The van der Waals surface area contributed by atoms with E-state index in [1.54, 1.807) is 12.3 Å². The zero-order valence-corrected chi connectivity index (χ0v) is 16.4. The summed E-state index contributed by atoms with van der Waals surface area (Å²) in [5, 5.41) is 0. The molecule has 0 aliphatic rings. The molecule has 0 saturated carbocycles. The minimum absolute atomic E-state index is 0.0449. The summed E-state index contributed by atoms with van der Waals surface area (Å²) in [4.78, 5) is 24.7. The lowest BCUT2D eigenvalue weighted by Gasteiger charge is -2.10. The van der Waals surface area contributed by atoms with Gasteiger partial charge in [0.05, 0.1) is 6.54 Å². The van der Waals surface area contributed by atoms with Crippen molar-refractivity contribution in [2.75, 3.05) is 0 Å². The molecule has 0 amide bonds. The van der Waals surface area contributed by atoms with E-state index in [1.165, 1.54) is 16.2 Å². The van der Waals surface area contributed by atoms with Crippen LogP contribution in [0.2, 0.25) is 0 Å². The highest BCUT2D eigenvalue weighted by molar-refractivity contribution is 14.1. The van der Waals surface area contributed by atoms with Gasteiger partial charge >= 0.3 is 0 Å². The largest absolute Gasteiger partial charge is 0.344 e. The first-order valence-corrected chi connectivity index (χ1v) is 9.13. The SMILES string of the molecule is Cc1cc(C(=O)Cn2cc(I)ccc2=O)c(C)n1Cc1ccccc1. The Morgan fingerprint density at radius 1 is 1.08 bits per heavy atom. The number of carbonyl (C=O) groups is 1. The number of nitrogens with zero attached hydrogens (tertiary/aromatic N) is 2. The van der Waals surface area contributed by atoms with Crippen LogP contribution in [0.5, 0.6) is 0 Å². The molecule has 0 aliphatic heterocycles. The van der Waals surface area contributed by atoms with Crippen molar-refractivity contribution in [3.63, 3.8) is 0 Å². The van der Waals surface area contributed by atoms with Crippen LogP contribution < -0.4 is 5.56 Å². The van der Waals surface area contributed by atoms with Crippen LogP contribution in [0.15, 0.2) is 59.5 Å². The molecule has 2 heterocycles. The van der Waals surface area contributed by atoms with Crippen LogP contribution in [-0.4, -0.2) is 14.9 Å². The molecule has 0 saturated heterocycles. The molecule has 5 heteroatoms. The van der Waals surface area contributed by atoms with Crippen LogP contribution in [0.1, 0.15) is 27.3 Å². The Labute approximate surface area is 160 Å². The summed E-state index contributed by atoms with van der Waals surface area (Å²) in [6.45, 7) is 4.76. The molecule has 0 bridgehead atoms. The summed E-state index contributed by atoms with van der Waals surface area (Å²) in [5.74, 6) is -0.0449. The van der Waals surface area contributed by atoms with Gasteiger partial charge in [0.25, 0.3) is 5.56 Å². The minimum atomic E-state index is -0.160. The molecular weight excluding hydrogens is 427 g/mol. The number of carbonyl (C=O) groups excluding carboxylic acids is 1. The number of aromatic nitrogens is 2. The standard InChI is InChI=1S/C20H19IN2O2/c1-14-10-18(15(2)23(14)11-16-6-4-3-5-7-16)19(24)13-22-12-17(21)8-9-20(22)25/h3-10,12H,11,13H2,1-2H3. The van der Waals surface area contributed by atoms with Crippen LogP contribution in [-0.2, 0) is 13.1 Å². The number of hydrogen-bond acceptors (Lipinski definition) is 2. The third-order valence-corrected chi connectivity index (χ3v) is 4.96. The highest BCUT2D eigenvalue weighted by Gasteiger charge is 2.16. The summed E-state index contributed by atoms with van der Waals surface area (Å²) < 4.78 is 4.53. The zero-order chi connectivity index (χ0) is 18.0. The highest BCUT2D eigenvalue weighted by Crippen LogP contribution is 2.18. The Hall–Kier alpha value is -2.15. The lowest BCUT2D eigenvalue weighted by atomic mass is 10.1. The number of hydrogen-bond donors (Lipinski definition) is 0. The van der Waals surface area contributed by atoms with Gasteiger partial charge in [-0.1, -0.05) is 30.3 Å². The molecule has 0 N–H and O–H groups in total. The second-order valence-corrected chi connectivity index (χ2v) is 7.34. The molecule has 0 unspecified atom stereocenters. The second kappa shape index (κ2) is 7.39. The normalized spacial score (nSPS) is 10.8. The predicted molar refractivity (Wildman–Crippen MR) is 107 cm³/mol. The summed E-state index contributed by atoms with van der Waals surface area (Å²) in [5.41, 5.74) is 3.69. The fourth-order valence-corrected chi connectivity index (χ4v) is 3.47. The van der Waals surface area contributed by atoms with Crippen molar-refractivity contribution < 1.29 is 4.79 Å². The van der Waals surface area contributed by atoms with Gasteiger partial charge in [-0.2, -0.15) is 0 Å². The van der Waals surface area contributed by atoms with Crippen LogP contribution in [0.4, 0.5) is 0 Å². The molecule has 0 spiro atoms. The summed E-state index contributed by atoms with van der Waals surface area (Å²) >= 11 is 2.14. The molecule has 3 aromatic rings. The predicted octanol–water partition coefficient (Wildman–Crippen LogP) is 3.80. The van der Waals surface area contributed by atoms with Gasteiger partial charge in [0.2, 0.25) is 0 Å². The van der Waals surface area contributed by atoms with Crippen molar-refractivity contribution in [2.24, 2.45) is 0 Å². The Balaban J connectivity index is 1.88. The van der Waals surface area contributed by atoms with E-state index in [9.17, 15) is 9.59 Å². The fraction of sp³-hybridized carbons (Fsp3) is 0.200. The third kappa shape index (κ3) is 3.92. The molecule has 3 rings (SSSR count). The molecule has 0 radical (unpaired) electrons. The first-order valence-electron chi connectivity index (χ1n) is 8.05. The lowest BCUT2D eigenvalue weighted by molar-refractivity contribution is 0.0970. The van der Waals surface area contributed by atoms with E-state index in [4.69, 9.17) is 0 Å². The Bertz CT molecular complexity index is 971. The number of pyridine rings is 1. The first kappa shape index (κ1) is 17.7. The maximum atomic E-state index is 12.7. The second-order valence-electron chi connectivity index (χ2n) is 6.09. The van der Waals surface area contributed by atoms with E-state index in [0.717, 1.165) is 21.5 Å². The number of Topliss-reactive ketones (excluding diaryl/α,β-unsaturated/α-hetero) is 1. The lowest BCUT2D eigenvalue weighted by Crippen LogP contribution is -2.23. The molecule has 0 aliphatic carbocycles. The minimum Gasteiger partial charge on any atom is -0.344 e. The van der Waals surface area contributed by atoms with Crippen molar-refractivity contribution in [3.05, 3.63) is 91.2 Å². The van der Waals surface area contributed by atoms with Crippen molar-refractivity contribution in [2.45, 2.75) is 26.9 Å². The fourth-order valence-electron chi connectivity index (χ4n) is 2.96. The molecule has 128 valence electrons. The number of halogens is 1. The van der Waals surface area contributed by atoms with Gasteiger partial charge in [-0.15, -0.1) is 0 Å². The van der Waals surface area contributed by atoms with Crippen LogP contribution >= 0.6 is 22.6 Å². The van der Waals surface area contributed by atoms with Crippen LogP contribution in [0.3, 0.4) is 0 Å². The van der Waals surface area contributed by atoms with E-state index in [2.05, 4.69) is 39.3 Å². The van der Waals surface area contributed by atoms with Gasteiger partial charge in [-0.25, -0.2) is 0 Å². The van der Waals surface area contributed by atoms with Gasteiger partial charge in [0, 0.05) is 39.3 Å². The number of rotatable bonds is 5. The molecule has 4 nitrogen and oxygen atoms in total. The third-order valence-electron chi connectivity index (χ3n) is 4.32. The van der Waals surface area contributed by atoms with E-state index in [0.29, 0.717) is 5.56 Å². The quantitative estimate of drug-likeness (QED) is 0.442. The Morgan fingerprint density at radius 2 is 1.80 bits per heavy atom. The van der Waals surface area contributed by atoms with E-state index in [-0.39, 0.29) is 17.9 Å². The van der Waals surface area contributed by atoms with Crippen LogP contribution in [0.25, 0.3) is 0 Å². The van der Waals surface area contributed by atoms with Crippen molar-refractivity contribution in [3.8, 4) is 0 Å². The number of benzene rings is 1. The Morgan fingerprint density at radius 3 is 2.52 bits per heavy atom. The van der Waals surface area contributed by atoms with Gasteiger partial charge in [-0.05, 0) is 54.1 Å². The summed E-state index contributed by atoms with van der Waals surface area (Å²) in [7, 11) is 0. The molecule has 2 aromatic heterocycles. The van der Waals surface area contributed by atoms with Gasteiger partial charge < -0.3 is 9.13 Å². The summed E-state index contributed by atoms with van der Waals surface area (Å²) in [6, 6.07) is 15.3. The zero-order valence-electron chi connectivity index (χ0n) is 14.2. The average molecular weight is 446 g/mol. The number of ketones is 1. The van der Waals surface area contributed by atoms with Gasteiger partial charge in [0.15, 0.2) is 5.78 Å². The smallest absolute Gasteiger partial charge is 0.250 e. The molecule has 0 fully saturated rings. The monoisotopic (exact) mass is 446 g/mol. The molecule has 0 atom stereocenters. The maximum absolute atomic E-state index is 12.7. The topological polar surface area (TPSA) is 44.0 Å². The molecule has 25 heavy (non-hydrogen) atoms. The molecule has 1 aromatic carbocycles. The number of aryl methyl sites for hydroxylation is 1. The van der Waals surface area contributed by atoms with Gasteiger partial charge in [0.1, 0.15) is 0 Å². The highest BCUT2D eigenvalue weighted by atomic mass is 127. The maximum Gasteiger partial charge on any atom is 0.250 e. The Kier molecular flexibility index (Phi) is 5.22. The van der Waals surface area contributed by atoms with Crippen molar-refractivity contribution in [1.29, 1.82) is 0 Å². The summed E-state index contributed by atoms with van der Waals surface area (Å²) in [6.07, 6.45) is 1.71.